The molecule has 0 atom stereocenters. The molecule has 0 saturated carbocycles. The lowest BCUT2D eigenvalue weighted by Gasteiger charge is -1.76. The van der Waals surface area contributed by atoms with E-state index in [0.717, 1.165) is 11.5 Å². The monoisotopic (exact) mass is 164 g/mol. The van der Waals surface area contributed by atoms with Gasteiger partial charge in [-0.2, -0.15) is 9.36 Å². The summed E-state index contributed by atoms with van der Waals surface area (Å²) in [5.41, 5.74) is 0. The summed E-state index contributed by atoms with van der Waals surface area (Å²) >= 11 is 6.14. The molecule has 9 heavy (non-hydrogen) atoms. The Labute approximate surface area is 59.3 Å². The molecule has 48 valence electrons. The molecule has 1 heterocycles. The van der Waals surface area contributed by atoms with Crippen LogP contribution in [0.1, 0.15) is 10.6 Å². The molecular weight excluding hydrogens is 164 g/mol. The Morgan fingerprint density at radius 2 is 2.44 bits per heavy atom. The summed E-state index contributed by atoms with van der Waals surface area (Å²) in [6.07, 6.45) is 0. The van der Waals surface area contributed by atoms with Crippen LogP contribution in [0.4, 0.5) is 0 Å². The van der Waals surface area contributed by atoms with Crippen molar-refractivity contribution in [2.45, 2.75) is 0 Å². The Morgan fingerprint density at radius 3 is 2.67 bits per heavy atom. The average molecular weight is 165 g/mol. The van der Waals surface area contributed by atoms with Gasteiger partial charge in [-0.3, -0.25) is 0 Å². The predicted octanol–water partition coefficient (Wildman–Crippen LogP) is 0.890. The molecule has 0 radical (unpaired) electrons. The third-order valence-corrected chi connectivity index (χ3v) is 1.39. The highest BCUT2D eigenvalue weighted by atomic mass is 35.5. The van der Waals surface area contributed by atoms with E-state index in [2.05, 4.69) is 9.36 Å². The van der Waals surface area contributed by atoms with Crippen LogP contribution in [0.15, 0.2) is 0 Å². The number of carboxylic acid groups (broad SMARTS) is 1. The van der Waals surface area contributed by atoms with E-state index in [1.54, 1.807) is 0 Å². The van der Waals surface area contributed by atoms with Gasteiger partial charge in [-0.05, 0) is 23.1 Å². The molecule has 0 saturated heterocycles. The second-order valence-electron chi connectivity index (χ2n) is 1.18. The summed E-state index contributed by atoms with van der Waals surface area (Å²) in [4.78, 5) is 13.4. The summed E-state index contributed by atoms with van der Waals surface area (Å²) in [6.45, 7) is 0. The molecule has 0 aromatic carbocycles. The number of hydrogen-bond acceptors (Lipinski definition) is 4. The van der Waals surface area contributed by atoms with Crippen LogP contribution < -0.4 is 0 Å². The Bertz CT molecular complexity index is 235. The molecule has 0 aliphatic carbocycles. The van der Waals surface area contributed by atoms with Crippen LogP contribution in [-0.4, -0.2) is 20.4 Å². The Morgan fingerprint density at radius 1 is 1.78 bits per heavy atom. The average Bonchev–Trinajstić information content (AvgIpc) is 2.14. The van der Waals surface area contributed by atoms with Crippen LogP contribution >= 0.6 is 23.1 Å². The lowest BCUT2D eigenvalue weighted by atomic mass is 10.7. The van der Waals surface area contributed by atoms with Crippen molar-refractivity contribution >= 4 is 29.1 Å². The van der Waals surface area contributed by atoms with E-state index in [-0.39, 0.29) is 10.3 Å². The second-order valence-corrected chi connectivity index (χ2v) is 2.51. The highest BCUT2D eigenvalue weighted by Gasteiger charge is 2.08. The fourth-order valence-electron chi connectivity index (χ4n) is 0.292. The van der Waals surface area contributed by atoms with Gasteiger partial charge >= 0.3 is 5.97 Å². The highest BCUT2D eigenvalue weighted by molar-refractivity contribution is 7.10. The number of carbonyl (C=O) groups is 1. The van der Waals surface area contributed by atoms with Crippen LogP contribution in [0.5, 0.6) is 0 Å². The third-order valence-electron chi connectivity index (χ3n) is 0.593. The summed E-state index contributed by atoms with van der Waals surface area (Å²) in [7, 11) is 0. The quantitative estimate of drug-likeness (QED) is 0.670. The number of carboxylic acids is 1. The van der Waals surface area contributed by atoms with Crippen LogP contribution in [-0.2, 0) is 0 Å². The van der Waals surface area contributed by atoms with Gasteiger partial charge in [-0.1, -0.05) is 0 Å². The zero-order valence-corrected chi connectivity index (χ0v) is 5.61. The molecule has 1 aromatic rings. The van der Waals surface area contributed by atoms with Gasteiger partial charge in [-0.15, -0.1) is 0 Å². The smallest absolute Gasteiger partial charge is 0.375 e. The Balaban J connectivity index is 2.98. The standard InChI is InChI=1S/C3HClN2O2S/c4-3-5-1(2(7)8)6-9-3/h(H,7,8). The maximum atomic E-state index is 10.0. The minimum absolute atomic E-state index is 0.146. The first-order valence-corrected chi connectivity index (χ1v) is 3.08. The van der Waals surface area contributed by atoms with Gasteiger partial charge in [0.15, 0.2) is 0 Å². The zero-order chi connectivity index (χ0) is 6.85. The van der Waals surface area contributed by atoms with Gasteiger partial charge < -0.3 is 5.11 Å². The van der Waals surface area contributed by atoms with Crippen molar-refractivity contribution in [1.82, 2.24) is 9.36 Å². The summed E-state index contributed by atoms with van der Waals surface area (Å²) < 4.78 is 3.56. The minimum atomic E-state index is -1.15. The van der Waals surface area contributed by atoms with Crippen LogP contribution in [0.2, 0.25) is 4.47 Å². The summed E-state index contributed by atoms with van der Waals surface area (Å²) in [5, 5.41) is 8.22. The topological polar surface area (TPSA) is 63.1 Å². The molecule has 0 fully saturated rings. The normalized spacial score (nSPS) is 9.44. The van der Waals surface area contributed by atoms with E-state index in [1.165, 1.54) is 0 Å². The van der Waals surface area contributed by atoms with Crippen LogP contribution in [0, 0.1) is 0 Å². The van der Waals surface area contributed by atoms with Crippen molar-refractivity contribution in [3.63, 3.8) is 0 Å². The van der Waals surface area contributed by atoms with E-state index >= 15 is 0 Å². The van der Waals surface area contributed by atoms with Gasteiger partial charge in [0.2, 0.25) is 4.47 Å². The Hall–Kier alpha value is -0.680. The van der Waals surface area contributed by atoms with E-state index in [4.69, 9.17) is 16.7 Å². The van der Waals surface area contributed by atoms with E-state index in [9.17, 15) is 4.79 Å². The molecule has 0 unspecified atom stereocenters. The summed E-state index contributed by atoms with van der Waals surface area (Å²) in [6, 6.07) is 0. The number of halogens is 1. The lowest BCUT2D eigenvalue weighted by molar-refractivity contribution is 0.0685. The molecule has 6 heteroatoms. The molecule has 0 spiro atoms. The fourth-order valence-corrected chi connectivity index (χ4v) is 0.883. The van der Waals surface area contributed by atoms with Crippen molar-refractivity contribution < 1.29 is 9.90 Å². The molecule has 1 aromatic heterocycles. The molecule has 1 N–H and O–H groups in total. The second kappa shape index (κ2) is 2.28. The number of aromatic carboxylic acids is 1. The first-order chi connectivity index (χ1) is 4.20. The van der Waals surface area contributed by atoms with Crippen molar-refractivity contribution in [2.75, 3.05) is 0 Å². The number of nitrogens with zero attached hydrogens (tertiary/aromatic N) is 2. The van der Waals surface area contributed by atoms with E-state index in [0.29, 0.717) is 0 Å². The Kier molecular flexibility index (Phi) is 1.63. The van der Waals surface area contributed by atoms with Crippen molar-refractivity contribution in [3.05, 3.63) is 10.3 Å². The molecule has 4 nitrogen and oxygen atoms in total. The molecule has 0 aliphatic heterocycles. The van der Waals surface area contributed by atoms with Gasteiger partial charge in [0, 0.05) is 0 Å². The number of aromatic nitrogens is 2. The third kappa shape index (κ3) is 1.36. The zero-order valence-electron chi connectivity index (χ0n) is 4.04. The van der Waals surface area contributed by atoms with Gasteiger partial charge in [0.1, 0.15) is 0 Å². The van der Waals surface area contributed by atoms with E-state index < -0.39 is 5.97 Å². The van der Waals surface area contributed by atoms with Crippen molar-refractivity contribution in [1.29, 1.82) is 0 Å². The molecule has 0 aliphatic rings. The van der Waals surface area contributed by atoms with E-state index in [1.807, 2.05) is 0 Å². The first-order valence-electron chi connectivity index (χ1n) is 1.92. The molecule has 0 bridgehead atoms. The maximum Gasteiger partial charge on any atom is 0.375 e. The van der Waals surface area contributed by atoms with Crippen LogP contribution in [0.3, 0.4) is 0 Å². The molecule has 0 amide bonds. The lowest BCUT2D eigenvalue weighted by Crippen LogP contribution is -1.97. The SMILES string of the molecule is O=C(O)c1nsc(Cl)n1. The predicted molar refractivity (Wildman–Crippen MR) is 31.9 cm³/mol. The van der Waals surface area contributed by atoms with Crippen LogP contribution in [0.25, 0.3) is 0 Å². The minimum Gasteiger partial charge on any atom is -0.475 e. The van der Waals surface area contributed by atoms with Gasteiger partial charge in [0.05, 0.1) is 0 Å². The highest BCUT2D eigenvalue weighted by Crippen LogP contribution is 2.09. The largest absolute Gasteiger partial charge is 0.475 e. The number of hydrogen-bond donors (Lipinski definition) is 1. The van der Waals surface area contributed by atoms with Gasteiger partial charge in [-0.25, -0.2) is 4.79 Å². The summed E-state index contributed by atoms with van der Waals surface area (Å²) in [5.74, 6) is -1.40. The van der Waals surface area contributed by atoms with Crippen molar-refractivity contribution in [3.8, 4) is 0 Å². The first kappa shape index (κ1) is 6.44. The fraction of sp³-hybridized carbons (Fsp3) is 0. The number of rotatable bonds is 1. The van der Waals surface area contributed by atoms with Crippen molar-refractivity contribution in [2.24, 2.45) is 0 Å². The van der Waals surface area contributed by atoms with Gasteiger partial charge in [0.25, 0.3) is 5.82 Å². The molecule has 1 rings (SSSR count). The molecular formula is C3HClN2O2S. The maximum absolute atomic E-state index is 10.0.